The third-order valence-electron chi connectivity index (χ3n) is 5.36. The summed E-state index contributed by atoms with van der Waals surface area (Å²) in [6, 6.07) is 0.711. The van der Waals surface area contributed by atoms with Crippen LogP contribution in [0.5, 0.6) is 0 Å². The Balaban J connectivity index is 0.00000147. The second-order valence-electron chi connectivity index (χ2n) is 6.86. The van der Waals surface area contributed by atoms with E-state index in [1.807, 2.05) is 0 Å². The molecule has 3 rings (SSSR count). The summed E-state index contributed by atoms with van der Waals surface area (Å²) in [4.78, 5) is 7.27. The van der Waals surface area contributed by atoms with Crippen LogP contribution in [0.4, 0.5) is 0 Å². The zero-order valence-corrected chi connectivity index (χ0v) is 15.4. The minimum atomic E-state index is 0. The van der Waals surface area contributed by atoms with Crippen LogP contribution in [0.15, 0.2) is 4.99 Å². The topological polar surface area (TPSA) is 27.6 Å². The molecule has 3 fully saturated rings. The average molecular weight is 391 g/mol. The molecule has 116 valence electrons. The molecule has 2 saturated carbocycles. The summed E-state index contributed by atoms with van der Waals surface area (Å²) in [5, 5.41) is 3.73. The lowest BCUT2D eigenvalue weighted by molar-refractivity contribution is 0.151. The molecule has 2 unspecified atom stereocenters. The standard InChI is InChI=1S/C16H29N3.HI/c1-3-6-13-11-14(13)18-15(17-4-2)19-10-9-16(12-19)7-5-8-16;/h13-14H,3-12H2,1-2H3,(H,17,18);1H. The Labute approximate surface area is 141 Å². The highest BCUT2D eigenvalue weighted by Crippen LogP contribution is 2.48. The molecule has 3 aliphatic rings. The summed E-state index contributed by atoms with van der Waals surface area (Å²) in [6.45, 7) is 7.81. The van der Waals surface area contributed by atoms with Crippen LogP contribution >= 0.6 is 24.0 Å². The molecule has 0 bridgehead atoms. The molecule has 20 heavy (non-hydrogen) atoms. The predicted octanol–water partition coefficient (Wildman–Crippen LogP) is 3.63. The lowest BCUT2D eigenvalue weighted by atomic mass is 9.68. The fraction of sp³-hybridized carbons (Fsp3) is 0.938. The number of nitrogens with one attached hydrogen (secondary N) is 1. The molecular weight excluding hydrogens is 361 g/mol. The molecule has 1 heterocycles. The Morgan fingerprint density at radius 2 is 2.10 bits per heavy atom. The van der Waals surface area contributed by atoms with Gasteiger partial charge < -0.3 is 10.2 Å². The zero-order chi connectivity index (χ0) is 13.3. The maximum Gasteiger partial charge on any atom is 0.194 e. The summed E-state index contributed by atoms with van der Waals surface area (Å²) < 4.78 is 0. The predicted molar refractivity (Wildman–Crippen MR) is 95.8 cm³/mol. The number of hydrogen-bond donors (Lipinski definition) is 1. The molecule has 0 aromatic heterocycles. The van der Waals surface area contributed by atoms with Gasteiger partial charge in [0.25, 0.3) is 0 Å². The number of guanidine groups is 1. The summed E-state index contributed by atoms with van der Waals surface area (Å²) in [5.74, 6) is 2.11. The maximum atomic E-state index is 4.74. The van der Waals surface area contributed by atoms with Crippen LogP contribution in [0.3, 0.4) is 0 Å². The first-order chi connectivity index (χ1) is 9.26. The van der Waals surface area contributed by atoms with Gasteiger partial charge in [-0.1, -0.05) is 19.8 Å². The van der Waals surface area contributed by atoms with Gasteiger partial charge in [0.1, 0.15) is 0 Å². The lowest BCUT2D eigenvalue weighted by Gasteiger charge is -2.38. The Morgan fingerprint density at radius 3 is 2.65 bits per heavy atom. The molecule has 2 atom stereocenters. The zero-order valence-electron chi connectivity index (χ0n) is 13.0. The van der Waals surface area contributed by atoms with Crippen molar-refractivity contribution in [3.63, 3.8) is 0 Å². The van der Waals surface area contributed by atoms with E-state index in [1.54, 1.807) is 0 Å². The lowest BCUT2D eigenvalue weighted by Crippen LogP contribution is -2.43. The number of likely N-dealkylation sites (tertiary alicyclic amines) is 1. The largest absolute Gasteiger partial charge is 0.353 e. The van der Waals surface area contributed by atoms with E-state index in [0.29, 0.717) is 11.5 Å². The van der Waals surface area contributed by atoms with Crippen LogP contribution in [0.1, 0.15) is 58.8 Å². The maximum absolute atomic E-state index is 4.74. The van der Waals surface area contributed by atoms with E-state index in [0.717, 1.165) is 12.5 Å². The molecule has 1 saturated heterocycles. The first-order valence-electron chi connectivity index (χ1n) is 8.32. The van der Waals surface area contributed by atoms with Gasteiger partial charge in [-0.05, 0) is 50.4 Å². The Bertz CT molecular complexity index is 352. The van der Waals surface area contributed by atoms with Crippen molar-refractivity contribution in [2.24, 2.45) is 16.3 Å². The number of hydrogen-bond acceptors (Lipinski definition) is 1. The van der Waals surface area contributed by atoms with Gasteiger partial charge in [0.2, 0.25) is 0 Å². The fourth-order valence-corrected chi connectivity index (χ4v) is 3.87. The Hall–Kier alpha value is 0. The summed E-state index contributed by atoms with van der Waals surface area (Å²) >= 11 is 0. The highest BCUT2D eigenvalue weighted by molar-refractivity contribution is 14.0. The molecular formula is C16H30IN3. The van der Waals surface area contributed by atoms with E-state index in [-0.39, 0.29) is 24.0 Å². The van der Waals surface area contributed by atoms with Crippen LogP contribution in [-0.2, 0) is 0 Å². The number of halogens is 1. The Morgan fingerprint density at radius 1 is 1.30 bits per heavy atom. The molecule has 0 aromatic rings. The van der Waals surface area contributed by atoms with Crippen molar-refractivity contribution in [3.8, 4) is 0 Å². The molecule has 0 amide bonds. The molecule has 1 aliphatic heterocycles. The number of aliphatic imine (C=N–C) groups is 1. The van der Waals surface area contributed by atoms with Crippen LogP contribution in [-0.4, -0.2) is 36.5 Å². The van der Waals surface area contributed by atoms with Crippen LogP contribution in [0.2, 0.25) is 0 Å². The van der Waals surface area contributed by atoms with Gasteiger partial charge in [0, 0.05) is 25.7 Å². The molecule has 1 spiro atoms. The van der Waals surface area contributed by atoms with Crippen molar-refractivity contribution in [2.45, 2.75) is 64.8 Å². The van der Waals surface area contributed by atoms with E-state index < -0.39 is 0 Å². The van der Waals surface area contributed by atoms with Gasteiger partial charge in [0.15, 0.2) is 5.96 Å². The van der Waals surface area contributed by atoms with Crippen molar-refractivity contribution in [1.82, 2.24) is 10.2 Å². The minimum Gasteiger partial charge on any atom is -0.353 e. The first kappa shape index (κ1) is 16.4. The second-order valence-corrected chi connectivity index (χ2v) is 6.86. The fourth-order valence-electron chi connectivity index (χ4n) is 3.87. The average Bonchev–Trinajstić information content (AvgIpc) is 2.92. The van der Waals surface area contributed by atoms with Crippen molar-refractivity contribution < 1.29 is 0 Å². The highest BCUT2D eigenvalue weighted by atomic mass is 127. The number of nitrogens with zero attached hydrogens (tertiary/aromatic N) is 2. The number of rotatable bonds is 4. The molecule has 3 nitrogen and oxygen atoms in total. The summed E-state index contributed by atoms with van der Waals surface area (Å²) in [6.07, 6.45) is 9.78. The van der Waals surface area contributed by atoms with E-state index in [9.17, 15) is 0 Å². The van der Waals surface area contributed by atoms with Gasteiger partial charge in [0.05, 0.1) is 0 Å². The summed E-state index contributed by atoms with van der Waals surface area (Å²) in [5.41, 5.74) is 0.669. The summed E-state index contributed by atoms with van der Waals surface area (Å²) in [7, 11) is 0. The van der Waals surface area contributed by atoms with Gasteiger partial charge in [-0.2, -0.15) is 0 Å². The van der Waals surface area contributed by atoms with Gasteiger partial charge >= 0.3 is 0 Å². The third-order valence-corrected chi connectivity index (χ3v) is 5.36. The van der Waals surface area contributed by atoms with Crippen molar-refractivity contribution in [1.29, 1.82) is 0 Å². The van der Waals surface area contributed by atoms with E-state index >= 15 is 0 Å². The van der Waals surface area contributed by atoms with Gasteiger partial charge in [-0.3, -0.25) is 4.99 Å². The van der Waals surface area contributed by atoms with Crippen molar-refractivity contribution >= 4 is 29.9 Å². The van der Waals surface area contributed by atoms with E-state index in [4.69, 9.17) is 4.99 Å². The molecule has 1 N–H and O–H groups in total. The quantitative estimate of drug-likeness (QED) is 0.450. The van der Waals surface area contributed by atoms with Crippen LogP contribution in [0.25, 0.3) is 0 Å². The second kappa shape index (κ2) is 6.84. The normalized spacial score (nSPS) is 30.9. The molecule has 0 radical (unpaired) electrons. The Kier molecular flexibility index (Phi) is 5.60. The van der Waals surface area contributed by atoms with Gasteiger partial charge in [-0.15, -0.1) is 24.0 Å². The monoisotopic (exact) mass is 391 g/mol. The molecule has 0 aromatic carbocycles. The van der Waals surface area contributed by atoms with E-state index in [1.165, 1.54) is 64.0 Å². The smallest absolute Gasteiger partial charge is 0.194 e. The molecule has 2 aliphatic carbocycles. The van der Waals surface area contributed by atoms with Crippen LogP contribution < -0.4 is 5.32 Å². The first-order valence-corrected chi connectivity index (χ1v) is 8.32. The third kappa shape index (κ3) is 3.42. The SMILES string of the molecule is CCCC1CC1NC(=NCC)N1CCC2(CCC2)C1.I. The minimum absolute atomic E-state index is 0. The van der Waals surface area contributed by atoms with Gasteiger partial charge in [-0.25, -0.2) is 0 Å². The van der Waals surface area contributed by atoms with E-state index in [2.05, 4.69) is 24.1 Å². The van der Waals surface area contributed by atoms with Crippen LogP contribution in [0, 0.1) is 11.3 Å². The van der Waals surface area contributed by atoms with Crippen molar-refractivity contribution in [3.05, 3.63) is 0 Å². The molecule has 4 heteroatoms. The highest BCUT2D eigenvalue weighted by Gasteiger charge is 2.45. The van der Waals surface area contributed by atoms with Crippen molar-refractivity contribution in [2.75, 3.05) is 19.6 Å².